The molecule has 1 saturated carbocycles. The van der Waals surface area contributed by atoms with E-state index in [2.05, 4.69) is 0 Å². The van der Waals surface area contributed by atoms with E-state index in [1.807, 2.05) is 0 Å². The summed E-state index contributed by atoms with van der Waals surface area (Å²) in [5.41, 5.74) is 0. The number of ether oxygens (including phenoxy) is 1. The summed E-state index contributed by atoms with van der Waals surface area (Å²) in [6.07, 6.45) is 3.71. The molecule has 2 rings (SSSR count). The Kier molecular flexibility index (Phi) is 3.10. The van der Waals surface area contributed by atoms with Gasteiger partial charge in [0.05, 0.1) is 21.2 Å². The number of halogens is 3. The molecule has 0 aromatic heterocycles. The molecule has 0 aliphatic heterocycles. The van der Waals surface area contributed by atoms with Crippen molar-refractivity contribution in [2.75, 3.05) is 0 Å². The van der Waals surface area contributed by atoms with Crippen LogP contribution in [-0.4, -0.2) is 6.10 Å². The predicted octanol–water partition coefficient (Wildman–Crippen LogP) is 4.58. The van der Waals surface area contributed by atoms with Crippen molar-refractivity contribution >= 4 is 34.8 Å². The molecule has 76 valence electrons. The molecule has 0 radical (unpaired) electrons. The summed E-state index contributed by atoms with van der Waals surface area (Å²) in [6, 6.07) is 3.28. The molecular weight excluding hydrogens is 242 g/mol. The molecule has 0 atom stereocenters. The zero-order chi connectivity index (χ0) is 10.1. The lowest BCUT2D eigenvalue weighted by Gasteiger charge is -2.26. The fraction of sp³-hybridized carbons (Fsp3) is 0.400. The van der Waals surface area contributed by atoms with Gasteiger partial charge in [0.15, 0.2) is 0 Å². The molecule has 0 heterocycles. The van der Waals surface area contributed by atoms with Crippen LogP contribution in [0, 0.1) is 0 Å². The summed E-state index contributed by atoms with van der Waals surface area (Å²) >= 11 is 17.6. The quantitative estimate of drug-likeness (QED) is 0.699. The molecule has 1 aromatic rings. The van der Waals surface area contributed by atoms with Crippen molar-refractivity contribution in [3.05, 3.63) is 27.2 Å². The van der Waals surface area contributed by atoms with Crippen molar-refractivity contribution in [2.24, 2.45) is 0 Å². The number of hydrogen-bond acceptors (Lipinski definition) is 1. The minimum atomic E-state index is 0.296. The van der Waals surface area contributed by atoms with Gasteiger partial charge in [-0.3, -0.25) is 0 Å². The third-order valence-electron chi connectivity index (χ3n) is 2.32. The summed E-state index contributed by atoms with van der Waals surface area (Å²) in [5.74, 6) is 0.630. The minimum absolute atomic E-state index is 0.296. The maximum Gasteiger partial charge on any atom is 0.139 e. The second-order valence-corrected chi connectivity index (χ2v) is 4.59. The van der Waals surface area contributed by atoms with Crippen molar-refractivity contribution in [3.63, 3.8) is 0 Å². The van der Waals surface area contributed by atoms with Crippen LogP contribution in [0.25, 0.3) is 0 Å². The van der Waals surface area contributed by atoms with E-state index < -0.39 is 0 Å². The fourth-order valence-electron chi connectivity index (χ4n) is 1.26. The molecule has 1 nitrogen and oxygen atoms in total. The molecule has 14 heavy (non-hydrogen) atoms. The molecule has 0 amide bonds. The zero-order valence-electron chi connectivity index (χ0n) is 7.40. The third kappa shape index (κ3) is 2.10. The maximum absolute atomic E-state index is 5.96. The van der Waals surface area contributed by atoms with Gasteiger partial charge in [-0.15, -0.1) is 0 Å². The summed E-state index contributed by atoms with van der Waals surface area (Å²) in [6.45, 7) is 0. The lowest BCUT2D eigenvalue weighted by molar-refractivity contribution is 0.120. The van der Waals surface area contributed by atoms with Crippen LogP contribution >= 0.6 is 34.8 Å². The first kappa shape index (κ1) is 10.4. The monoisotopic (exact) mass is 250 g/mol. The third-order valence-corrected chi connectivity index (χ3v) is 3.34. The van der Waals surface area contributed by atoms with Gasteiger partial charge in [0.25, 0.3) is 0 Å². The van der Waals surface area contributed by atoms with Gasteiger partial charge >= 0.3 is 0 Å². The Labute approximate surface area is 97.9 Å². The molecule has 1 fully saturated rings. The van der Waals surface area contributed by atoms with Crippen LogP contribution in [0.5, 0.6) is 5.75 Å². The van der Waals surface area contributed by atoms with Crippen LogP contribution in [0.3, 0.4) is 0 Å². The highest BCUT2D eigenvalue weighted by atomic mass is 35.5. The van der Waals surface area contributed by atoms with E-state index in [4.69, 9.17) is 39.5 Å². The van der Waals surface area contributed by atoms with Gasteiger partial charge in [-0.25, -0.2) is 0 Å². The normalized spacial score (nSPS) is 16.5. The van der Waals surface area contributed by atoms with E-state index in [0.29, 0.717) is 26.9 Å². The highest BCUT2D eigenvalue weighted by molar-refractivity contribution is 6.43. The van der Waals surface area contributed by atoms with Gasteiger partial charge in [0.2, 0.25) is 0 Å². The van der Waals surface area contributed by atoms with Crippen molar-refractivity contribution in [2.45, 2.75) is 25.4 Å². The van der Waals surface area contributed by atoms with Gasteiger partial charge in [0, 0.05) is 6.07 Å². The van der Waals surface area contributed by atoms with Crippen LogP contribution in [-0.2, 0) is 0 Å². The second-order valence-electron chi connectivity index (χ2n) is 3.37. The Bertz CT molecular complexity index is 347. The highest BCUT2D eigenvalue weighted by Crippen LogP contribution is 2.36. The van der Waals surface area contributed by atoms with Crippen molar-refractivity contribution < 1.29 is 4.74 Å². The Morgan fingerprint density at radius 1 is 1.00 bits per heavy atom. The maximum atomic E-state index is 5.96. The van der Waals surface area contributed by atoms with Crippen LogP contribution in [0.2, 0.25) is 15.1 Å². The molecule has 1 aliphatic carbocycles. The smallest absolute Gasteiger partial charge is 0.139 e. The molecule has 0 spiro atoms. The van der Waals surface area contributed by atoms with Gasteiger partial charge in [-0.2, -0.15) is 0 Å². The lowest BCUT2D eigenvalue weighted by atomic mass is 9.96. The average Bonchev–Trinajstić information content (AvgIpc) is 2.06. The van der Waals surface area contributed by atoms with Crippen molar-refractivity contribution in [3.8, 4) is 5.75 Å². The van der Waals surface area contributed by atoms with E-state index in [1.165, 1.54) is 6.42 Å². The number of rotatable bonds is 2. The first-order chi connectivity index (χ1) is 6.66. The molecule has 1 aliphatic rings. The molecule has 1 aromatic carbocycles. The number of benzene rings is 1. The van der Waals surface area contributed by atoms with Crippen molar-refractivity contribution in [1.29, 1.82) is 0 Å². The predicted molar refractivity (Wildman–Crippen MR) is 59.7 cm³/mol. The molecule has 0 unspecified atom stereocenters. The minimum Gasteiger partial charge on any atom is -0.489 e. The lowest BCUT2D eigenvalue weighted by Crippen LogP contribution is -2.24. The first-order valence-corrected chi connectivity index (χ1v) is 5.61. The van der Waals surface area contributed by atoms with Gasteiger partial charge < -0.3 is 4.74 Å². The van der Waals surface area contributed by atoms with Crippen LogP contribution < -0.4 is 4.74 Å². The fourth-order valence-corrected chi connectivity index (χ4v) is 1.84. The Hall–Kier alpha value is -0.110. The van der Waals surface area contributed by atoms with E-state index >= 15 is 0 Å². The average molecular weight is 252 g/mol. The van der Waals surface area contributed by atoms with E-state index in [0.717, 1.165) is 12.8 Å². The van der Waals surface area contributed by atoms with Crippen molar-refractivity contribution in [1.82, 2.24) is 0 Å². The van der Waals surface area contributed by atoms with E-state index in [1.54, 1.807) is 12.1 Å². The molecule has 0 saturated heterocycles. The SMILES string of the molecule is Clc1cc(Cl)c(OC2CCC2)cc1Cl. The summed E-state index contributed by atoms with van der Waals surface area (Å²) < 4.78 is 5.64. The Morgan fingerprint density at radius 3 is 2.21 bits per heavy atom. The first-order valence-electron chi connectivity index (χ1n) is 4.48. The molecule has 0 N–H and O–H groups in total. The van der Waals surface area contributed by atoms with E-state index in [-0.39, 0.29) is 0 Å². The Morgan fingerprint density at radius 2 is 1.64 bits per heavy atom. The highest BCUT2D eigenvalue weighted by Gasteiger charge is 2.20. The number of hydrogen-bond donors (Lipinski definition) is 0. The largest absolute Gasteiger partial charge is 0.489 e. The topological polar surface area (TPSA) is 9.23 Å². The molecule has 0 bridgehead atoms. The van der Waals surface area contributed by atoms with Crippen LogP contribution in [0.15, 0.2) is 12.1 Å². The van der Waals surface area contributed by atoms with Crippen LogP contribution in [0.1, 0.15) is 19.3 Å². The molecular formula is C10H9Cl3O. The van der Waals surface area contributed by atoms with Crippen LogP contribution in [0.4, 0.5) is 0 Å². The Balaban J connectivity index is 2.19. The second kappa shape index (κ2) is 4.18. The summed E-state index contributed by atoms with van der Waals surface area (Å²) in [4.78, 5) is 0. The van der Waals surface area contributed by atoms with Gasteiger partial charge in [0.1, 0.15) is 5.75 Å². The molecule has 4 heteroatoms. The van der Waals surface area contributed by atoms with Gasteiger partial charge in [-0.05, 0) is 25.3 Å². The standard InChI is InChI=1S/C10H9Cl3O/c11-7-4-9(13)10(5-8(7)12)14-6-2-1-3-6/h4-6H,1-3H2. The van der Waals surface area contributed by atoms with Gasteiger partial charge in [-0.1, -0.05) is 34.8 Å². The summed E-state index contributed by atoms with van der Waals surface area (Å²) in [7, 11) is 0. The zero-order valence-corrected chi connectivity index (χ0v) is 9.66. The summed E-state index contributed by atoms with van der Waals surface area (Å²) in [5, 5.41) is 1.45. The van der Waals surface area contributed by atoms with E-state index in [9.17, 15) is 0 Å².